The third-order valence-electron chi connectivity index (χ3n) is 3.42. The zero-order valence-electron chi connectivity index (χ0n) is 11.5. The number of hydrogen-bond acceptors (Lipinski definition) is 4. The van der Waals surface area contributed by atoms with Gasteiger partial charge in [-0.3, -0.25) is 14.9 Å². The van der Waals surface area contributed by atoms with Crippen molar-refractivity contribution in [2.24, 2.45) is 5.92 Å². The van der Waals surface area contributed by atoms with Gasteiger partial charge >= 0.3 is 0 Å². The molecule has 1 unspecified atom stereocenters. The van der Waals surface area contributed by atoms with Gasteiger partial charge in [0.25, 0.3) is 0 Å². The van der Waals surface area contributed by atoms with Crippen molar-refractivity contribution < 1.29 is 0 Å². The first-order valence-corrected chi connectivity index (χ1v) is 6.94. The van der Waals surface area contributed by atoms with E-state index in [4.69, 9.17) is 0 Å². The zero-order chi connectivity index (χ0) is 12.8. The van der Waals surface area contributed by atoms with E-state index in [-0.39, 0.29) is 0 Å². The molecule has 0 saturated carbocycles. The fourth-order valence-corrected chi connectivity index (χ4v) is 2.50. The molecule has 1 N–H and O–H groups in total. The summed E-state index contributed by atoms with van der Waals surface area (Å²) >= 11 is 0. The first-order chi connectivity index (χ1) is 8.74. The van der Waals surface area contributed by atoms with Crippen molar-refractivity contribution in [3.05, 3.63) is 24.3 Å². The number of likely N-dealkylation sites (tertiary alicyclic amines) is 1. The van der Waals surface area contributed by atoms with E-state index in [0.29, 0.717) is 6.04 Å². The second-order valence-electron chi connectivity index (χ2n) is 5.50. The fraction of sp³-hybridized carbons (Fsp3) is 0.714. The van der Waals surface area contributed by atoms with E-state index in [1.165, 1.54) is 25.9 Å². The molecule has 1 aliphatic rings. The molecular weight excluding hydrogens is 224 g/mol. The van der Waals surface area contributed by atoms with Crippen LogP contribution in [0.15, 0.2) is 18.6 Å². The minimum absolute atomic E-state index is 0.584. The molecule has 1 atom stereocenters. The summed E-state index contributed by atoms with van der Waals surface area (Å²) in [7, 11) is 0. The van der Waals surface area contributed by atoms with E-state index in [1.54, 1.807) is 12.4 Å². The van der Waals surface area contributed by atoms with Crippen molar-refractivity contribution >= 4 is 0 Å². The lowest BCUT2D eigenvalue weighted by molar-refractivity contribution is 0.162. The smallest absolute Gasteiger partial charge is 0.0726 e. The van der Waals surface area contributed by atoms with Crippen LogP contribution in [0.2, 0.25) is 0 Å². The molecule has 18 heavy (non-hydrogen) atoms. The monoisotopic (exact) mass is 248 g/mol. The fourth-order valence-electron chi connectivity index (χ4n) is 2.50. The average Bonchev–Trinajstić information content (AvgIpc) is 2.38. The molecule has 0 amide bonds. The highest BCUT2D eigenvalue weighted by molar-refractivity contribution is 4.95. The lowest BCUT2D eigenvalue weighted by atomic mass is 9.97. The summed E-state index contributed by atoms with van der Waals surface area (Å²) in [6.07, 6.45) is 8.02. The van der Waals surface area contributed by atoms with Crippen LogP contribution >= 0.6 is 0 Å². The number of piperidine rings is 1. The number of rotatable bonds is 5. The Balaban J connectivity index is 1.79. The van der Waals surface area contributed by atoms with Crippen molar-refractivity contribution in [1.29, 1.82) is 0 Å². The Hall–Kier alpha value is -1.00. The third kappa shape index (κ3) is 4.35. The van der Waals surface area contributed by atoms with Crippen LogP contribution in [0.3, 0.4) is 0 Å². The second-order valence-corrected chi connectivity index (χ2v) is 5.50. The Labute approximate surface area is 110 Å². The van der Waals surface area contributed by atoms with E-state index >= 15 is 0 Å². The first kappa shape index (κ1) is 13.4. The Morgan fingerprint density at radius 1 is 1.44 bits per heavy atom. The minimum Gasteiger partial charge on any atom is -0.314 e. The van der Waals surface area contributed by atoms with Crippen LogP contribution in [-0.4, -0.2) is 40.5 Å². The Kier molecular flexibility index (Phi) is 5.08. The molecule has 0 bridgehead atoms. The molecule has 0 aromatic carbocycles. The highest BCUT2D eigenvalue weighted by Crippen LogP contribution is 2.17. The van der Waals surface area contributed by atoms with Crippen LogP contribution in [0, 0.1) is 5.92 Å². The van der Waals surface area contributed by atoms with Gasteiger partial charge < -0.3 is 5.32 Å². The molecule has 1 saturated heterocycles. The van der Waals surface area contributed by atoms with Crippen LogP contribution in [0.5, 0.6) is 0 Å². The van der Waals surface area contributed by atoms with Crippen LogP contribution in [0.1, 0.15) is 32.4 Å². The van der Waals surface area contributed by atoms with Gasteiger partial charge in [0, 0.05) is 37.7 Å². The van der Waals surface area contributed by atoms with Gasteiger partial charge in [-0.1, -0.05) is 13.8 Å². The summed E-state index contributed by atoms with van der Waals surface area (Å²) in [5, 5.41) is 3.54. The second kappa shape index (κ2) is 6.81. The normalized spacial score (nSPS) is 21.4. The lowest BCUT2D eigenvalue weighted by Crippen LogP contribution is -2.40. The van der Waals surface area contributed by atoms with E-state index in [9.17, 15) is 0 Å². The molecule has 0 spiro atoms. The number of hydrogen-bond donors (Lipinski definition) is 1. The maximum atomic E-state index is 4.35. The topological polar surface area (TPSA) is 41.0 Å². The molecule has 2 heterocycles. The van der Waals surface area contributed by atoms with Crippen molar-refractivity contribution in [3.8, 4) is 0 Å². The van der Waals surface area contributed by atoms with Gasteiger partial charge in [-0.2, -0.15) is 0 Å². The van der Waals surface area contributed by atoms with E-state index in [2.05, 4.69) is 34.0 Å². The summed E-state index contributed by atoms with van der Waals surface area (Å²) in [4.78, 5) is 11.0. The van der Waals surface area contributed by atoms with Gasteiger partial charge in [0.1, 0.15) is 0 Å². The summed E-state index contributed by atoms with van der Waals surface area (Å²) < 4.78 is 0. The SMILES string of the molecule is CC(C)NCC1CCCN(Cc2cnccn2)C1. The number of aromatic nitrogens is 2. The molecule has 4 nitrogen and oxygen atoms in total. The summed E-state index contributed by atoms with van der Waals surface area (Å²) in [6.45, 7) is 8.85. The van der Waals surface area contributed by atoms with Crippen LogP contribution in [-0.2, 0) is 6.54 Å². The maximum Gasteiger partial charge on any atom is 0.0726 e. The summed E-state index contributed by atoms with van der Waals surface area (Å²) in [5.74, 6) is 0.776. The molecular formula is C14H24N4. The van der Waals surface area contributed by atoms with Crippen LogP contribution < -0.4 is 5.32 Å². The number of nitrogens with zero attached hydrogens (tertiary/aromatic N) is 3. The average molecular weight is 248 g/mol. The highest BCUT2D eigenvalue weighted by atomic mass is 15.1. The molecule has 4 heteroatoms. The van der Waals surface area contributed by atoms with Gasteiger partial charge in [0.15, 0.2) is 0 Å². The van der Waals surface area contributed by atoms with E-state index < -0.39 is 0 Å². The standard InChI is InChI=1S/C14H24N4/c1-12(2)17-8-13-4-3-7-18(10-13)11-14-9-15-5-6-16-14/h5-6,9,12-13,17H,3-4,7-8,10-11H2,1-2H3. The van der Waals surface area contributed by atoms with Crippen molar-refractivity contribution in [2.75, 3.05) is 19.6 Å². The minimum atomic E-state index is 0.584. The quantitative estimate of drug-likeness (QED) is 0.861. The first-order valence-electron chi connectivity index (χ1n) is 6.94. The molecule has 1 aromatic rings. The lowest BCUT2D eigenvalue weighted by Gasteiger charge is -2.32. The van der Waals surface area contributed by atoms with Gasteiger partial charge in [0.2, 0.25) is 0 Å². The Morgan fingerprint density at radius 2 is 2.33 bits per heavy atom. The summed E-state index contributed by atoms with van der Waals surface area (Å²) in [5.41, 5.74) is 1.08. The van der Waals surface area contributed by atoms with Crippen LogP contribution in [0.25, 0.3) is 0 Å². The molecule has 100 valence electrons. The molecule has 2 rings (SSSR count). The molecule has 1 aromatic heterocycles. The Morgan fingerprint density at radius 3 is 3.06 bits per heavy atom. The molecule has 0 radical (unpaired) electrons. The van der Waals surface area contributed by atoms with Gasteiger partial charge in [-0.05, 0) is 31.8 Å². The van der Waals surface area contributed by atoms with Gasteiger partial charge in [-0.25, -0.2) is 0 Å². The number of nitrogens with one attached hydrogen (secondary N) is 1. The summed E-state index contributed by atoms with van der Waals surface area (Å²) in [6, 6.07) is 0.584. The van der Waals surface area contributed by atoms with E-state index in [1.807, 2.05) is 6.20 Å². The van der Waals surface area contributed by atoms with Gasteiger partial charge in [0.05, 0.1) is 5.69 Å². The van der Waals surface area contributed by atoms with Gasteiger partial charge in [-0.15, -0.1) is 0 Å². The Bertz CT molecular complexity index is 339. The van der Waals surface area contributed by atoms with Crippen LogP contribution in [0.4, 0.5) is 0 Å². The van der Waals surface area contributed by atoms with Crippen molar-refractivity contribution in [3.63, 3.8) is 0 Å². The van der Waals surface area contributed by atoms with E-state index in [0.717, 1.165) is 24.7 Å². The van der Waals surface area contributed by atoms with Crippen molar-refractivity contribution in [2.45, 2.75) is 39.3 Å². The molecule has 1 aliphatic heterocycles. The largest absolute Gasteiger partial charge is 0.314 e. The molecule has 1 fully saturated rings. The molecule has 0 aliphatic carbocycles. The zero-order valence-corrected chi connectivity index (χ0v) is 11.5. The maximum absolute atomic E-state index is 4.35. The highest BCUT2D eigenvalue weighted by Gasteiger charge is 2.20. The predicted octanol–water partition coefficient (Wildman–Crippen LogP) is 1.69. The predicted molar refractivity (Wildman–Crippen MR) is 73.2 cm³/mol. The van der Waals surface area contributed by atoms with Crippen molar-refractivity contribution in [1.82, 2.24) is 20.2 Å². The third-order valence-corrected chi connectivity index (χ3v) is 3.42.